The molecular weight excluding hydrogens is 345 g/mol. The molecule has 0 amide bonds. The van der Waals surface area contributed by atoms with Gasteiger partial charge in [0.1, 0.15) is 23.2 Å². The number of thioether (sulfide) groups is 1. The monoisotopic (exact) mass is 354 g/mol. The lowest BCUT2D eigenvalue weighted by Gasteiger charge is -2.11. The highest BCUT2D eigenvalue weighted by Crippen LogP contribution is 2.45. The number of thiocarbonyl (C=S) groups is 1. The Morgan fingerprint density at radius 3 is 2.35 bits per heavy atom. The SMILES string of the molecule is CCSC(=S)Oc1cc(F)cc2c1-c1c(F)cc(F)cc1C2=O. The van der Waals surface area contributed by atoms with E-state index in [1.807, 2.05) is 6.92 Å². The van der Waals surface area contributed by atoms with E-state index in [0.717, 1.165) is 18.2 Å². The summed E-state index contributed by atoms with van der Waals surface area (Å²) in [7, 11) is 0. The van der Waals surface area contributed by atoms with Crippen LogP contribution in [0.4, 0.5) is 13.2 Å². The topological polar surface area (TPSA) is 26.3 Å². The first kappa shape index (κ1) is 16.0. The van der Waals surface area contributed by atoms with Gasteiger partial charge in [-0.15, -0.1) is 0 Å². The van der Waals surface area contributed by atoms with Gasteiger partial charge in [0, 0.05) is 34.4 Å². The van der Waals surface area contributed by atoms with E-state index in [4.69, 9.17) is 17.0 Å². The number of hydrogen-bond donors (Lipinski definition) is 0. The first-order valence-corrected chi connectivity index (χ1v) is 8.04. The van der Waals surface area contributed by atoms with Gasteiger partial charge in [-0.1, -0.05) is 18.7 Å². The molecular formula is C16H9F3O2S2. The summed E-state index contributed by atoms with van der Waals surface area (Å²) in [6, 6.07) is 3.62. The maximum atomic E-state index is 14.2. The van der Waals surface area contributed by atoms with Crippen molar-refractivity contribution in [2.45, 2.75) is 6.92 Å². The van der Waals surface area contributed by atoms with Crippen LogP contribution in [0.5, 0.6) is 5.75 Å². The number of ketones is 1. The highest BCUT2D eigenvalue weighted by Gasteiger charge is 2.34. The van der Waals surface area contributed by atoms with Gasteiger partial charge in [0.05, 0.1) is 0 Å². The van der Waals surface area contributed by atoms with Gasteiger partial charge < -0.3 is 4.74 Å². The van der Waals surface area contributed by atoms with Crippen molar-refractivity contribution < 1.29 is 22.7 Å². The molecule has 0 bridgehead atoms. The Morgan fingerprint density at radius 1 is 1.09 bits per heavy atom. The molecule has 0 heterocycles. The van der Waals surface area contributed by atoms with Crippen LogP contribution < -0.4 is 4.74 Å². The van der Waals surface area contributed by atoms with Crippen LogP contribution in [0.25, 0.3) is 11.1 Å². The summed E-state index contributed by atoms with van der Waals surface area (Å²) in [6.45, 7) is 1.86. The number of fused-ring (bicyclic) bond motifs is 3. The van der Waals surface area contributed by atoms with Crippen molar-refractivity contribution in [1.82, 2.24) is 0 Å². The molecule has 0 saturated carbocycles. The fraction of sp³-hybridized carbons (Fsp3) is 0.125. The molecule has 7 heteroatoms. The van der Waals surface area contributed by atoms with Crippen molar-refractivity contribution in [2.75, 3.05) is 5.75 Å². The van der Waals surface area contributed by atoms with Crippen molar-refractivity contribution >= 4 is 34.1 Å². The molecule has 2 aromatic carbocycles. The Bertz CT molecular complexity index is 850. The molecule has 0 fully saturated rings. The minimum Gasteiger partial charge on any atom is -0.439 e. The van der Waals surface area contributed by atoms with Crippen LogP contribution in [0.15, 0.2) is 24.3 Å². The fourth-order valence-corrected chi connectivity index (χ4v) is 3.32. The zero-order chi connectivity index (χ0) is 16.7. The molecule has 0 unspecified atom stereocenters. The largest absolute Gasteiger partial charge is 0.439 e. The molecule has 1 aliphatic rings. The standard InChI is InChI=1S/C16H9F3O2S2/c1-2-23-16(22)21-12-6-8(18)4-10-14(12)13-9(15(10)20)3-7(17)5-11(13)19/h3-6H,2H2,1H3. The molecule has 0 N–H and O–H groups in total. The summed E-state index contributed by atoms with van der Waals surface area (Å²) in [4.78, 5) is 12.3. The van der Waals surface area contributed by atoms with Gasteiger partial charge in [0.15, 0.2) is 5.78 Å². The van der Waals surface area contributed by atoms with Crippen LogP contribution in [0.2, 0.25) is 0 Å². The number of carbonyl (C=O) groups is 1. The third-order valence-corrected chi connectivity index (χ3v) is 4.36. The van der Waals surface area contributed by atoms with Crippen molar-refractivity contribution in [2.24, 2.45) is 0 Å². The molecule has 0 radical (unpaired) electrons. The molecule has 1 aliphatic carbocycles. The van der Waals surface area contributed by atoms with Gasteiger partial charge in [0.25, 0.3) is 0 Å². The first-order valence-electron chi connectivity index (χ1n) is 6.64. The summed E-state index contributed by atoms with van der Waals surface area (Å²) >= 11 is 6.23. The zero-order valence-corrected chi connectivity index (χ0v) is 13.4. The Labute approximate surface area is 139 Å². The Morgan fingerprint density at radius 2 is 1.70 bits per heavy atom. The second kappa shape index (κ2) is 5.98. The van der Waals surface area contributed by atoms with Gasteiger partial charge in [0.2, 0.25) is 4.38 Å². The van der Waals surface area contributed by atoms with Gasteiger partial charge in [-0.05, 0) is 30.1 Å². The highest BCUT2D eigenvalue weighted by atomic mass is 32.2. The van der Waals surface area contributed by atoms with Crippen LogP contribution in [-0.4, -0.2) is 15.9 Å². The molecule has 3 rings (SSSR count). The number of ether oxygens (including phenoxy) is 1. The first-order chi connectivity index (χ1) is 10.9. The number of carbonyl (C=O) groups excluding carboxylic acids is 1. The summed E-state index contributed by atoms with van der Waals surface area (Å²) < 4.78 is 46.9. The number of benzene rings is 2. The quantitative estimate of drug-likeness (QED) is 0.622. The molecule has 118 valence electrons. The predicted molar refractivity (Wildman–Crippen MR) is 86.5 cm³/mol. The summed E-state index contributed by atoms with van der Waals surface area (Å²) in [5, 5.41) is 0. The smallest absolute Gasteiger partial charge is 0.225 e. The number of hydrogen-bond acceptors (Lipinski definition) is 4. The minimum atomic E-state index is -0.905. The van der Waals surface area contributed by atoms with E-state index in [1.165, 1.54) is 11.8 Å². The molecule has 23 heavy (non-hydrogen) atoms. The maximum absolute atomic E-state index is 14.2. The lowest BCUT2D eigenvalue weighted by molar-refractivity contribution is 0.104. The van der Waals surface area contributed by atoms with E-state index in [0.29, 0.717) is 11.8 Å². The average Bonchev–Trinajstić information content (AvgIpc) is 2.73. The third kappa shape index (κ3) is 2.74. The van der Waals surface area contributed by atoms with Gasteiger partial charge in [-0.2, -0.15) is 0 Å². The predicted octanol–water partition coefficient (Wildman–Crippen LogP) is 4.73. The summed E-state index contributed by atoms with van der Waals surface area (Å²) in [5.41, 5.74) is -0.209. The van der Waals surface area contributed by atoms with Crippen molar-refractivity contribution in [3.05, 3.63) is 52.8 Å². The second-order valence-corrected chi connectivity index (χ2v) is 6.62. The van der Waals surface area contributed by atoms with Crippen LogP contribution >= 0.6 is 24.0 Å². The Balaban J connectivity index is 2.22. The zero-order valence-electron chi connectivity index (χ0n) is 11.8. The normalized spacial score (nSPS) is 12.1. The molecule has 0 aromatic heterocycles. The average molecular weight is 354 g/mol. The summed E-state index contributed by atoms with van der Waals surface area (Å²) in [6.07, 6.45) is 0. The third-order valence-electron chi connectivity index (χ3n) is 3.32. The van der Waals surface area contributed by atoms with Gasteiger partial charge >= 0.3 is 0 Å². The van der Waals surface area contributed by atoms with E-state index < -0.39 is 23.2 Å². The highest BCUT2D eigenvalue weighted by molar-refractivity contribution is 8.22. The Hall–Kier alpha value is -1.86. The minimum absolute atomic E-state index is 0.0523. The molecule has 0 saturated heterocycles. The number of rotatable bonds is 2. The Kier molecular flexibility index (Phi) is 4.16. The van der Waals surface area contributed by atoms with E-state index in [2.05, 4.69) is 0 Å². The lowest BCUT2D eigenvalue weighted by Crippen LogP contribution is -2.03. The number of halogens is 3. The van der Waals surface area contributed by atoms with Gasteiger partial charge in [-0.25, -0.2) is 13.2 Å². The van der Waals surface area contributed by atoms with Gasteiger partial charge in [-0.3, -0.25) is 4.79 Å². The molecule has 2 aromatic rings. The molecule has 0 aliphatic heterocycles. The van der Waals surface area contributed by atoms with E-state index in [1.54, 1.807) is 0 Å². The molecule has 0 atom stereocenters. The molecule has 0 spiro atoms. The van der Waals surface area contributed by atoms with Crippen LogP contribution in [0.1, 0.15) is 22.8 Å². The fourth-order valence-electron chi connectivity index (χ4n) is 2.49. The summed E-state index contributed by atoms with van der Waals surface area (Å²) in [5.74, 6) is -2.55. The molecule has 2 nitrogen and oxygen atoms in total. The van der Waals surface area contributed by atoms with E-state index in [-0.39, 0.29) is 32.4 Å². The van der Waals surface area contributed by atoms with Crippen LogP contribution in [-0.2, 0) is 0 Å². The second-order valence-electron chi connectivity index (χ2n) is 4.75. The maximum Gasteiger partial charge on any atom is 0.225 e. The van der Waals surface area contributed by atoms with Crippen molar-refractivity contribution in [3.63, 3.8) is 0 Å². The van der Waals surface area contributed by atoms with Crippen molar-refractivity contribution in [1.29, 1.82) is 0 Å². The lowest BCUT2D eigenvalue weighted by atomic mass is 10.0. The van der Waals surface area contributed by atoms with Crippen molar-refractivity contribution in [3.8, 4) is 16.9 Å². The van der Waals surface area contributed by atoms with E-state index in [9.17, 15) is 18.0 Å². The van der Waals surface area contributed by atoms with E-state index >= 15 is 0 Å². The van der Waals surface area contributed by atoms with Crippen LogP contribution in [0.3, 0.4) is 0 Å². The van der Waals surface area contributed by atoms with Crippen LogP contribution in [0, 0.1) is 17.5 Å².